The average Bonchev–Trinajstić information content (AvgIpc) is 3.31. The molecule has 1 unspecified atom stereocenters. The number of carboxylic acids is 1. The van der Waals surface area contributed by atoms with E-state index in [9.17, 15) is 14.9 Å². The molecule has 8 nitrogen and oxygen atoms in total. The van der Waals surface area contributed by atoms with E-state index >= 15 is 0 Å². The molecule has 9 heteroatoms. The molecule has 0 aromatic carbocycles. The number of rotatable bonds is 7. The summed E-state index contributed by atoms with van der Waals surface area (Å²) in [5, 5.41) is 21.7. The van der Waals surface area contributed by atoms with E-state index in [1.165, 1.54) is 10.5 Å². The Kier molecular flexibility index (Phi) is 7.08. The second-order valence-electron chi connectivity index (χ2n) is 8.82. The summed E-state index contributed by atoms with van der Waals surface area (Å²) in [7, 11) is 0. The number of anilines is 1. The fourth-order valence-corrected chi connectivity index (χ4v) is 5.07. The van der Waals surface area contributed by atoms with Crippen LogP contribution in [0.4, 0.5) is 5.82 Å². The summed E-state index contributed by atoms with van der Waals surface area (Å²) in [5.74, 6) is -0.450. The molecule has 4 heterocycles. The van der Waals surface area contributed by atoms with E-state index in [0.29, 0.717) is 30.5 Å². The fourth-order valence-electron chi connectivity index (χ4n) is 4.11. The molecule has 4 rings (SSSR count). The van der Waals surface area contributed by atoms with Crippen LogP contribution in [0.15, 0.2) is 34.6 Å². The fraction of sp³-hybridized carbons (Fsp3) is 0.400. The third-order valence-electron chi connectivity index (χ3n) is 5.99. The summed E-state index contributed by atoms with van der Waals surface area (Å²) in [5.41, 5.74) is 2.54. The van der Waals surface area contributed by atoms with Gasteiger partial charge in [0.15, 0.2) is 0 Å². The third-order valence-corrected chi connectivity index (χ3v) is 6.92. The molecule has 176 valence electrons. The normalized spacial score (nSPS) is 16.4. The van der Waals surface area contributed by atoms with E-state index in [4.69, 9.17) is 15.1 Å². The van der Waals surface area contributed by atoms with Gasteiger partial charge in [-0.3, -0.25) is 9.20 Å². The molecular weight excluding hydrogens is 450 g/mol. The second kappa shape index (κ2) is 10.2. The van der Waals surface area contributed by atoms with Crippen LogP contribution in [-0.2, 0) is 17.6 Å². The molecule has 3 aromatic heterocycles. The van der Waals surface area contributed by atoms with Crippen molar-refractivity contribution in [2.75, 3.05) is 18.0 Å². The summed E-state index contributed by atoms with van der Waals surface area (Å²) in [4.78, 5) is 35.8. The molecule has 1 N–H and O–H groups in total. The predicted molar refractivity (Wildman–Crippen MR) is 132 cm³/mol. The van der Waals surface area contributed by atoms with Crippen LogP contribution < -0.4 is 10.5 Å². The van der Waals surface area contributed by atoms with E-state index in [1.54, 1.807) is 17.5 Å². The Morgan fingerprint density at radius 1 is 1.38 bits per heavy atom. The van der Waals surface area contributed by atoms with Crippen molar-refractivity contribution in [3.63, 3.8) is 0 Å². The molecule has 0 saturated carbocycles. The number of nitriles is 1. The minimum Gasteiger partial charge on any atom is -0.478 e. The van der Waals surface area contributed by atoms with Gasteiger partial charge < -0.3 is 10.0 Å². The smallest absolute Gasteiger partial charge is 0.328 e. The number of thiazole rings is 1. The van der Waals surface area contributed by atoms with E-state index in [-0.39, 0.29) is 17.0 Å². The van der Waals surface area contributed by atoms with E-state index < -0.39 is 5.97 Å². The van der Waals surface area contributed by atoms with Crippen molar-refractivity contribution in [3.8, 4) is 6.07 Å². The molecule has 1 saturated heterocycles. The lowest BCUT2D eigenvalue weighted by Gasteiger charge is -2.31. The maximum Gasteiger partial charge on any atom is 0.328 e. The Hall–Kier alpha value is -3.51. The highest BCUT2D eigenvalue weighted by Crippen LogP contribution is 2.25. The number of aromatic nitrogens is 3. The lowest BCUT2D eigenvalue weighted by atomic mass is 9.99. The zero-order valence-electron chi connectivity index (χ0n) is 19.3. The van der Waals surface area contributed by atoms with E-state index in [0.717, 1.165) is 48.0 Å². The van der Waals surface area contributed by atoms with Gasteiger partial charge in [0.1, 0.15) is 11.5 Å². The molecule has 1 atom stereocenters. The quantitative estimate of drug-likeness (QED) is 0.514. The van der Waals surface area contributed by atoms with Crippen molar-refractivity contribution in [2.45, 2.75) is 45.4 Å². The van der Waals surface area contributed by atoms with Gasteiger partial charge in [-0.25, -0.2) is 14.8 Å². The Bertz CT molecular complexity index is 1330. The van der Waals surface area contributed by atoms with Crippen LogP contribution in [-0.4, -0.2) is 38.5 Å². The van der Waals surface area contributed by atoms with Crippen molar-refractivity contribution in [1.82, 2.24) is 14.4 Å². The zero-order valence-corrected chi connectivity index (χ0v) is 20.1. The van der Waals surface area contributed by atoms with Crippen molar-refractivity contribution >= 4 is 34.8 Å². The summed E-state index contributed by atoms with van der Waals surface area (Å²) in [6.07, 6.45) is 7.14. The topological polar surface area (TPSA) is 112 Å². The number of piperidine rings is 1. The van der Waals surface area contributed by atoms with Crippen LogP contribution in [0.1, 0.15) is 54.4 Å². The lowest BCUT2D eigenvalue weighted by Crippen LogP contribution is -2.37. The summed E-state index contributed by atoms with van der Waals surface area (Å²) >= 11 is 1.67. The van der Waals surface area contributed by atoms with Crippen molar-refractivity contribution in [3.05, 3.63) is 62.0 Å². The van der Waals surface area contributed by atoms with Crippen LogP contribution in [0.3, 0.4) is 0 Å². The van der Waals surface area contributed by atoms with Crippen LogP contribution in [0.5, 0.6) is 0 Å². The molecule has 1 aliphatic rings. The van der Waals surface area contributed by atoms with Gasteiger partial charge in [-0.2, -0.15) is 5.26 Å². The Morgan fingerprint density at radius 2 is 2.21 bits per heavy atom. The summed E-state index contributed by atoms with van der Waals surface area (Å²) in [6.45, 7) is 5.39. The summed E-state index contributed by atoms with van der Waals surface area (Å²) < 4.78 is 1.44. The monoisotopic (exact) mass is 477 g/mol. The number of nitrogens with zero attached hydrogens (tertiary/aromatic N) is 5. The first kappa shape index (κ1) is 23.6. The molecule has 0 radical (unpaired) electrons. The summed E-state index contributed by atoms with van der Waals surface area (Å²) in [6, 6.07) is 6.10. The average molecular weight is 478 g/mol. The number of pyridine rings is 1. The molecule has 0 spiro atoms. The van der Waals surface area contributed by atoms with Crippen LogP contribution >= 0.6 is 11.3 Å². The van der Waals surface area contributed by atoms with Gasteiger partial charge in [-0.05, 0) is 49.0 Å². The number of carboxylic acid groups (broad SMARTS) is 1. The zero-order chi connectivity index (χ0) is 24.2. The first-order valence-corrected chi connectivity index (χ1v) is 12.3. The van der Waals surface area contributed by atoms with Gasteiger partial charge in [0, 0.05) is 37.2 Å². The predicted octanol–water partition coefficient (Wildman–Crippen LogP) is 3.90. The molecule has 34 heavy (non-hydrogen) atoms. The Labute approximate surface area is 201 Å². The van der Waals surface area contributed by atoms with Gasteiger partial charge >= 0.3 is 5.97 Å². The SMILES string of the molecule is CC(C)c1csc(CCc2ccn3c(=O)c(/C=C/C(=O)O)c(N4CCCC(C#N)C4)nc3c2)n1. The highest BCUT2D eigenvalue weighted by Gasteiger charge is 2.24. The minimum absolute atomic E-state index is 0.148. The Balaban J connectivity index is 1.69. The number of carbonyl (C=O) groups is 1. The maximum atomic E-state index is 13.3. The highest BCUT2D eigenvalue weighted by atomic mass is 32.1. The van der Waals surface area contributed by atoms with Crippen molar-refractivity contribution in [2.24, 2.45) is 5.92 Å². The lowest BCUT2D eigenvalue weighted by molar-refractivity contribution is -0.131. The van der Waals surface area contributed by atoms with Gasteiger partial charge in [0.2, 0.25) is 0 Å². The second-order valence-corrected chi connectivity index (χ2v) is 9.77. The first-order valence-electron chi connectivity index (χ1n) is 11.4. The largest absolute Gasteiger partial charge is 0.478 e. The van der Waals surface area contributed by atoms with E-state index in [1.807, 2.05) is 17.0 Å². The molecular formula is C25H27N5O3S. The minimum atomic E-state index is -1.14. The molecule has 1 aliphatic heterocycles. The number of hydrogen-bond donors (Lipinski definition) is 1. The maximum absolute atomic E-state index is 13.3. The van der Waals surface area contributed by atoms with Gasteiger partial charge in [0.05, 0.1) is 28.3 Å². The molecule has 0 amide bonds. The van der Waals surface area contributed by atoms with Gasteiger partial charge in [-0.1, -0.05) is 13.8 Å². The van der Waals surface area contributed by atoms with E-state index in [2.05, 4.69) is 25.3 Å². The number of aliphatic carboxylic acids is 1. The van der Waals surface area contributed by atoms with Crippen molar-refractivity contribution < 1.29 is 9.90 Å². The van der Waals surface area contributed by atoms with Gasteiger partial charge in [0.25, 0.3) is 5.56 Å². The van der Waals surface area contributed by atoms with Gasteiger partial charge in [-0.15, -0.1) is 11.3 Å². The van der Waals surface area contributed by atoms with Crippen LogP contribution in [0.25, 0.3) is 11.7 Å². The molecule has 0 bridgehead atoms. The van der Waals surface area contributed by atoms with Crippen molar-refractivity contribution in [1.29, 1.82) is 5.26 Å². The van der Waals surface area contributed by atoms with Crippen LogP contribution in [0, 0.1) is 17.2 Å². The number of aryl methyl sites for hydroxylation is 2. The van der Waals surface area contributed by atoms with Crippen LogP contribution in [0.2, 0.25) is 0 Å². The Morgan fingerprint density at radius 3 is 2.91 bits per heavy atom. The number of hydrogen-bond acceptors (Lipinski definition) is 7. The number of fused-ring (bicyclic) bond motifs is 1. The first-order chi connectivity index (χ1) is 16.4. The molecule has 3 aromatic rings. The standard InChI is InChI=1S/C25H27N5O3S/c1-16(2)20-15-34-22(27-20)7-5-17-9-11-30-21(12-17)28-24(19(25(30)33)6-8-23(31)32)29-10-3-4-18(13-26)14-29/h6,8-9,11-12,15-16,18H,3-5,7,10,14H2,1-2H3,(H,31,32)/b8-6+. The molecule has 0 aliphatic carbocycles. The third kappa shape index (κ3) is 5.18. The molecule has 1 fully saturated rings. The highest BCUT2D eigenvalue weighted by molar-refractivity contribution is 7.09.